The molecular weight excluding hydrogens is 402 g/mol. The van der Waals surface area contributed by atoms with Gasteiger partial charge in [-0.3, -0.25) is 19.2 Å². The van der Waals surface area contributed by atoms with Gasteiger partial charge >= 0.3 is 5.97 Å². The SMILES string of the molecule is CCC(C)C(NC(=O)CNC(=O)C(N)CC(N)=O)C(=O)NC(CCSC)C(=O)O. The lowest BCUT2D eigenvalue weighted by Gasteiger charge is -2.25. The monoisotopic (exact) mass is 433 g/mol. The molecule has 4 amide bonds. The van der Waals surface area contributed by atoms with E-state index in [1.54, 1.807) is 6.92 Å². The molecule has 0 bridgehead atoms. The summed E-state index contributed by atoms with van der Waals surface area (Å²) in [6.45, 7) is 3.11. The fourth-order valence-corrected chi connectivity index (χ4v) is 2.76. The van der Waals surface area contributed by atoms with E-state index < -0.39 is 54.3 Å². The van der Waals surface area contributed by atoms with Gasteiger partial charge in [0.15, 0.2) is 0 Å². The number of aliphatic carboxylic acids is 1. The highest BCUT2D eigenvalue weighted by Crippen LogP contribution is 2.09. The number of carboxylic acid groups (broad SMARTS) is 1. The van der Waals surface area contributed by atoms with Crippen LogP contribution in [0.1, 0.15) is 33.1 Å². The number of amides is 4. The fraction of sp³-hybridized carbons (Fsp3) is 0.706. The Hall–Kier alpha value is -2.34. The summed E-state index contributed by atoms with van der Waals surface area (Å²) in [5.74, 6) is -3.63. The summed E-state index contributed by atoms with van der Waals surface area (Å²) in [6.07, 6.45) is 2.26. The molecule has 0 rings (SSSR count). The number of rotatable bonds is 14. The molecule has 0 spiro atoms. The maximum Gasteiger partial charge on any atom is 0.326 e. The molecule has 0 saturated carbocycles. The summed E-state index contributed by atoms with van der Waals surface area (Å²) in [7, 11) is 0. The molecule has 0 aromatic rings. The molecule has 11 nitrogen and oxygen atoms in total. The van der Waals surface area contributed by atoms with Gasteiger partial charge in [-0.15, -0.1) is 0 Å². The summed E-state index contributed by atoms with van der Waals surface area (Å²) in [5.41, 5.74) is 10.4. The summed E-state index contributed by atoms with van der Waals surface area (Å²) < 4.78 is 0. The van der Waals surface area contributed by atoms with E-state index in [0.717, 1.165) is 0 Å². The van der Waals surface area contributed by atoms with Crippen LogP contribution in [0.5, 0.6) is 0 Å². The lowest BCUT2D eigenvalue weighted by atomic mass is 9.97. The first-order chi connectivity index (χ1) is 13.5. The van der Waals surface area contributed by atoms with Gasteiger partial charge in [-0.05, 0) is 24.3 Å². The zero-order valence-corrected chi connectivity index (χ0v) is 17.7. The highest BCUT2D eigenvalue weighted by atomic mass is 32.2. The van der Waals surface area contributed by atoms with Crippen LogP contribution < -0.4 is 27.4 Å². The van der Waals surface area contributed by atoms with Crippen LogP contribution in [0, 0.1) is 5.92 Å². The van der Waals surface area contributed by atoms with E-state index in [9.17, 15) is 29.1 Å². The number of nitrogens with two attached hydrogens (primary N) is 2. The largest absolute Gasteiger partial charge is 0.480 e. The first-order valence-corrected chi connectivity index (χ1v) is 10.6. The molecular formula is C17H31N5O6S. The Balaban J connectivity index is 4.91. The van der Waals surface area contributed by atoms with E-state index in [2.05, 4.69) is 16.0 Å². The number of hydrogen-bond acceptors (Lipinski definition) is 7. The van der Waals surface area contributed by atoms with Crippen molar-refractivity contribution in [1.29, 1.82) is 0 Å². The Morgan fingerprint density at radius 3 is 2.21 bits per heavy atom. The van der Waals surface area contributed by atoms with Gasteiger partial charge in [-0.25, -0.2) is 4.79 Å². The predicted octanol–water partition coefficient (Wildman–Crippen LogP) is -1.84. The van der Waals surface area contributed by atoms with Crippen molar-refractivity contribution in [1.82, 2.24) is 16.0 Å². The van der Waals surface area contributed by atoms with Crippen molar-refractivity contribution in [3.8, 4) is 0 Å². The van der Waals surface area contributed by atoms with E-state index >= 15 is 0 Å². The molecule has 4 atom stereocenters. The predicted molar refractivity (Wildman–Crippen MR) is 109 cm³/mol. The van der Waals surface area contributed by atoms with Crippen molar-refractivity contribution in [2.45, 2.75) is 51.2 Å². The molecule has 0 fully saturated rings. The number of carboxylic acids is 1. The van der Waals surface area contributed by atoms with Gasteiger partial charge in [0.1, 0.15) is 12.1 Å². The number of hydrogen-bond donors (Lipinski definition) is 6. The average molecular weight is 434 g/mol. The molecule has 12 heteroatoms. The van der Waals surface area contributed by atoms with Crippen LogP contribution in [-0.2, 0) is 24.0 Å². The highest BCUT2D eigenvalue weighted by Gasteiger charge is 2.29. The van der Waals surface area contributed by atoms with Gasteiger partial charge in [0.25, 0.3) is 0 Å². The Morgan fingerprint density at radius 1 is 1.10 bits per heavy atom. The van der Waals surface area contributed by atoms with Crippen LogP contribution in [0.2, 0.25) is 0 Å². The van der Waals surface area contributed by atoms with E-state index in [4.69, 9.17) is 11.5 Å². The minimum Gasteiger partial charge on any atom is -0.480 e. The van der Waals surface area contributed by atoms with Crippen LogP contribution in [0.4, 0.5) is 0 Å². The number of carbonyl (C=O) groups excluding carboxylic acids is 4. The van der Waals surface area contributed by atoms with Gasteiger partial charge in [-0.1, -0.05) is 20.3 Å². The number of carbonyl (C=O) groups is 5. The summed E-state index contributed by atoms with van der Waals surface area (Å²) in [5, 5.41) is 16.5. The van der Waals surface area contributed by atoms with Crippen LogP contribution in [-0.4, -0.2) is 71.4 Å². The minimum absolute atomic E-state index is 0.247. The molecule has 29 heavy (non-hydrogen) atoms. The number of nitrogens with one attached hydrogen (secondary N) is 3. The molecule has 166 valence electrons. The molecule has 0 aliphatic heterocycles. The molecule has 0 aromatic carbocycles. The summed E-state index contributed by atoms with van der Waals surface area (Å²) in [4.78, 5) is 58.6. The van der Waals surface area contributed by atoms with Gasteiger partial charge in [0.05, 0.1) is 19.0 Å². The third-order valence-corrected chi connectivity index (χ3v) is 4.86. The molecule has 0 aliphatic rings. The second-order valence-corrected chi connectivity index (χ2v) is 7.59. The molecule has 0 radical (unpaired) electrons. The minimum atomic E-state index is -1.18. The second kappa shape index (κ2) is 13.8. The van der Waals surface area contributed by atoms with Crippen molar-refractivity contribution in [3.63, 3.8) is 0 Å². The van der Waals surface area contributed by atoms with Crippen molar-refractivity contribution in [2.24, 2.45) is 17.4 Å². The van der Waals surface area contributed by atoms with Gasteiger partial charge < -0.3 is 32.5 Å². The summed E-state index contributed by atoms with van der Waals surface area (Å²) >= 11 is 1.46. The van der Waals surface area contributed by atoms with E-state index in [-0.39, 0.29) is 18.8 Å². The fourth-order valence-electron chi connectivity index (χ4n) is 2.29. The van der Waals surface area contributed by atoms with E-state index in [1.807, 2.05) is 13.2 Å². The Bertz CT molecular complexity index is 603. The average Bonchev–Trinajstić information content (AvgIpc) is 2.65. The van der Waals surface area contributed by atoms with Gasteiger partial charge in [0, 0.05) is 0 Å². The Morgan fingerprint density at radius 2 is 1.72 bits per heavy atom. The molecule has 4 unspecified atom stereocenters. The normalized spacial score (nSPS) is 14.8. The maximum atomic E-state index is 12.6. The first-order valence-electron chi connectivity index (χ1n) is 9.16. The smallest absolute Gasteiger partial charge is 0.326 e. The lowest BCUT2D eigenvalue weighted by molar-refractivity contribution is -0.142. The van der Waals surface area contributed by atoms with Crippen LogP contribution in [0.25, 0.3) is 0 Å². The third-order valence-electron chi connectivity index (χ3n) is 4.22. The van der Waals surface area contributed by atoms with Crippen LogP contribution in [0.15, 0.2) is 0 Å². The number of thioether (sulfide) groups is 1. The molecule has 0 heterocycles. The van der Waals surface area contributed by atoms with Crippen LogP contribution in [0.3, 0.4) is 0 Å². The van der Waals surface area contributed by atoms with Crippen molar-refractivity contribution >= 4 is 41.4 Å². The van der Waals surface area contributed by atoms with Crippen molar-refractivity contribution in [3.05, 3.63) is 0 Å². The lowest BCUT2D eigenvalue weighted by Crippen LogP contribution is -2.56. The van der Waals surface area contributed by atoms with Gasteiger partial charge in [-0.2, -0.15) is 11.8 Å². The van der Waals surface area contributed by atoms with E-state index in [0.29, 0.717) is 12.2 Å². The topological polar surface area (TPSA) is 194 Å². The third kappa shape index (κ3) is 10.7. The number of primary amides is 1. The van der Waals surface area contributed by atoms with E-state index in [1.165, 1.54) is 11.8 Å². The Labute approximate surface area is 174 Å². The highest BCUT2D eigenvalue weighted by molar-refractivity contribution is 7.98. The first kappa shape index (κ1) is 26.7. The Kier molecular flexibility index (Phi) is 12.7. The van der Waals surface area contributed by atoms with Crippen molar-refractivity contribution < 1.29 is 29.1 Å². The standard InChI is InChI=1S/C17H31N5O6S/c1-4-9(2)14(16(26)21-11(17(27)28)5-6-29-3)22-13(24)8-20-15(25)10(18)7-12(19)23/h9-11,14H,4-8,18H2,1-3H3,(H2,19,23)(H,20,25)(H,21,26)(H,22,24)(H,27,28). The zero-order chi connectivity index (χ0) is 22.6. The maximum absolute atomic E-state index is 12.6. The second-order valence-electron chi connectivity index (χ2n) is 6.61. The quantitative estimate of drug-likeness (QED) is 0.184. The molecule has 0 aliphatic carbocycles. The molecule has 8 N–H and O–H groups in total. The molecule has 0 aromatic heterocycles. The van der Waals surface area contributed by atoms with Crippen molar-refractivity contribution in [2.75, 3.05) is 18.6 Å². The zero-order valence-electron chi connectivity index (χ0n) is 16.9. The molecule has 0 saturated heterocycles. The van der Waals surface area contributed by atoms with Gasteiger partial charge in [0.2, 0.25) is 23.6 Å². The van der Waals surface area contributed by atoms with Crippen LogP contribution >= 0.6 is 11.8 Å². The summed E-state index contributed by atoms with van der Waals surface area (Å²) in [6, 6.07) is -3.22.